The zero-order chi connectivity index (χ0) is 7.78. The van der Waals surface area contributed by atoms with Crippen molar-refractivity contribution in [1.82, 2.24) is 0 Å². The number of esters is 1. The van der Waals surface area contributed by atoms with Gasteiger partial charge in [-0.2, -0.15) is 13.2 Å². The summed E-state index contributed by atoms with van der Waals surface area (Å²) in [6, 6.07) is 0. The standard InChI is InChI=1S/C5H5F3O2/c6-5(7,8)2-3-1-4(9)10-3/h3H,1-2H2. The number of hydrogen-bond donors (Lipinski definition) is 0. The molecule has 0 aromatic heterocycles. The van der Waals surface area contributed by atoms with Crippen molar-refractivity contribution in [2.24, 2.45) is 0 Å². The van der Waals surface area contributed by atoms with Gasteiger partial charge >= 0.3 is 12.1 Å². The first-order valence-electron chi connectivity index (χ1n) is 2.73. The Labute approximate surface area is 55.0 Å². The molecule has 0 bridgehead atoms. The molecule has 1 saturated heterocycles. The van der Waals surface area contributed by atoms with Gasteiger partial charge in [0.05, 0.1) is 12.8 Å². The molecule has 0 radical (unpaired) electrons. The van der Waals surface area contributed by atoms with E-state index in [2.05, 4.69) is 4.74 Å². The Morgan fingerprint density at radius 2 is 2.10 bits per heavy atom. The van der Waals surface area contributed by atoms with E-state index in [0.717, 1.165) is 0 Å². The minimum absolute atomic E-state index is 0.0977. The second-order valence-corrected chi connectivity index (χ2v) is 2.14. The monoisotopic (exact) mass is 154 g/mol. The number of rotatable bonds is 1. The van der Waals surface area contributed by atoms with Crippen LogP contribution in [0.5, 0.6) is 0 Å². The van der Waals surface area contributed by atoms with E-state index < -0.39 is 24.7 Å². The van der Waals surface area contributed by atoms with E-state index >= 15 is 0 Å². The van der Waals surface area contributed by atoms with Gasteiger partial charge in [-0.15, -0.1) is 0 Å². The molecule has 1 aliphatic rings. The molecule has 0 saturated carbocycles. The molecule has 0 aromatic rings. The predicted molar refractivity (Wildman–Crippen MR) is 25.2 cm³/mol. The molecule has 1 unspecified atom stereocenters. The van der Waals surface area contributed by atoms with E-state index in [1.165, 1.54) is 0 Å². The Kier molecular flexibility index (Phi) is 1.58. The number of halogens is 3. The molecular formula is C5H5F3O2. The average molecular weight is 154 g/mol. The van der Waals surface area contributed by atoms with Gasteiger partial charge in [-0.1, -0.05) is 0 Å². The summed E-state index contributed by atoms with van der Waals surface area (Å²) >= 11 is 0. The van der Waals surface area contributed by atoms with Crippen LogP contribution in [0.2, 0.25) is 0 Å². The maximum absolute atomic E-state index is 11.5. The van der Waals surface area contributed by atoms with Crippen molar-refractivity contribution in [3.05, 3.63) is 0 Å². The Morgan fingerprint density at radius 3 is 2.40 bits per heavy atom. The van der Waals surface area contributed by atoms with Gasteiger partial charge in [0.1, 0.15) is 6.10 Å². The number of cyclic esters (lactones) is 1. The average Bonchev–Trinajstić information content (AvgIpc) is 1.57. The van der Waals surface area contributed by atoms with Crippen LogP contribution in [0, 0.1) is 0 Å². The SMILES string of the molecule is O=C1CC(CC(F)(F)F)O1. The Bertz CT molecular complexity index is 143. The summed E-state index contributed by atoms with van der Waals surface area (Å²) in [5.41, 5.74) is 0. The molecule has 1 aliphatic heterocycles. The van der Waals surface area contributed by atoms with Gasteiger partial charge in [0.2, 0.25) is 0 Å². The van der Waals surface area contributed by atoms with E-state index in [0.29, 0.717) is 0 Å². The van der Waals surface area contributed by atoms with Crippen molar-refractivity contribution in [3.63, 3.8) is 0 Å². The van der Waals surface area contributed by atoms with Crippen molar-refractivity contribution in [2.45, 2.75) is 25.1 Å². The maximum atomic E-state index is 11.5. The first-order chi connectivity index (χ1) is 4.47. The van der Waals surface area contributed by atoms with Crippen LogP contribution >= 0.6 is 0 Å². The van der Waals surface area contributed by atoms with Crippen LogP contribution in [0.15, 0.2) is 0 Å². The summed E-state index contributed by atoms with van der Waals surface area (Å²) < 4.78 is 38.5. The highest BCUT2D eigenvalue weighted by Crippen LogP contribution is 2.28. The van der Waals surface area contributed by atoms with E-state index in [-0.39, 0.29) is 6.42 Å². The highest BCUT2D eigenvalue weighted by molar-refractivity contribution is 5.75. The van der Waals surface area contributed by atoms with Crippen LogP contribution in [-0.2, 0) is 9.53 Å². The summed E-state index contributed by atoms with van der Waals surface area (Å²) in [5.74, 6) is -0.547. The number of carbonyl (C=O) groups is 1. The third kappa shape index (κ3) is 1.89. The lowest BCUT2D eigenvalue weighted by atomic mass is 10.1. The second kappa shape index (κ2) is 2.14. The van der Waals surface area contributed by atoms with Crippen molar-refractivity contribution in [3.8, 4) is 0 Å². The number of ether oxygens (including phenoxy) is 1. The lowest BCUT2D eigenvalue weighted by molar-refractivity contribution is -0.195. The van der Waals surface area contributed by atoms with Crippen LogP contribution in [0.1, 0.15) is 12.8 Å². The first kappa shape index (κ1) is 7.37. The zero-order valence-electron chi connectivity index (χ0n) is 4.94. The Balaban J connectivity index is 2.22. The largest absolute Gasteiger partial charge is 0.461 e. The van der Waals surface area contributed by atoms with Gasteiger partial charge in [-0.05, 0) is 0 Å². The molecule has 2 nitrogen and oxygen atoms in total. The molecule has 0 spiro atoms. The molecule has 0 N–H and O–H groups in total. The quantitative estimate of drug-likeness (QED) is 0.531. The van der Waals surface area contributed by atoms with E-state index in [1.54, 1.807) is 0 Å². The zero-order valence-corrected chi connectivity index (χ0v) is 4.94. The van der Waals surface area contributed by atoms with Crippen molar-refractivity contribution >= 4 is 5.97 Å². The highest BCUT2D eigenvalue weighted by Gasteiger charge is 2.39. The Morgan fingerprint density at radius 1 is 1.60 bits per heavy atom. The number of carbonyl (C=O) groups excluding carboxylic acids is 1. The van der Waals surface area contributed by atoms with Crippen LogP contribution in [0.3, 0.4) is 0 Å². The van der Waals surface area contributed by atoms with E-state index in [1.807, 2.05) is 0 Å². The predicted octanol–water partition coefficient (Wildman–Crippen LogP) is 1.25. The van der Waals surface area contributed by atoms with Crippen LogP contribution in [0.4, 0.5) is 13.2 Å². The molecule has 0 amide bonds. The first-order valence-corrected chi connectivity index (χ1v) is 2.73. The molecule has 0 aromatic carbocycles. The third-order valence-corrected chi connectivity index (χ3v) is 1.15. The smallest absolute Gasteiger partial charge is 0.392 e. The maximum Gasteiger partial charge on any atom is 0.392 e. The van der Waals surface area contributed by atoms with Gasteiger partial charge in [-0.25, -0.2) is 0 Å². The molecule has 1 atom stereocenters. The summed E-state index contributed by atoms with van der Waals surface area (Å²) in [5, 5.41) is 0. The fourth-order valence-electron chi connectivity index (χ4n) is 0.734. The summed E-state index contributed by atoms with van der Waals surface area (Å²) in [4.78, 5) is 10.0. The molecule has 10 heavy (non-hydrogen) atoms. The fraction of sp³-hybridized carbons (Fsp3) is 0.800. The van der Waals surface area contributed by atoms with Crippen LogP contribution in [-0.4, -0.2) is 18.2 Å². The second-order valence-electron chi connectivity index (χ2n) is 2.14. The fourth-order valence-corrected chi connectivity index (χ4v) is 0.734. The molecule has 58 valence electrons. The minimum Gasteiger partial charge on any atom is -0.461 e. The molecule has 1 fully saturated rings. The van der Waals surface area contributed by atoms with Gasteiger partial charge in [0.15, 0.2) is 0 Å². The lowest BCUT2D eigenvalue weighted by Gasteiger charge is -2.25. The molecule has 5 heteroatoms. The number of alkyl halides is 3. The summed E-state index contributed by atoms with van der Waals surface area (Å²) in [7, 11) is 0. The summed E-state index contributed by atoms with van der Waals surface area (Å²) in [6.07, 6.45) is -6.25. The minimum atomic E-state index is -4.22. The van der Waals surface area contributed by atoms with Gasteiger partial charge in [0, 0.05) is 0 Å². The number of hydrogen-bond acceptors (Lipinski definition) is 2. The van der Waals surface area contributed by atoms with E-state index in [9.17, 15) is 18.0 Å². The molecule has 0 aliphatic carbocycles. The van der Waals surface area contributed by atoms with E-state index in [4.69, 9.17) is 0 Å². The van der Waals surface area contributed by atoms with Gasteiger partial charge < -0.3 is 4.74 Å². The van der Waals surface area contributed by atoms with Gasteiger partial charge in [-0.3, -0.25) is 4.79 Å². The van der Waals surface area contributed by atoms with Crippen molar-refractivity contribution in [2.75, 3.05) is 0 Å². The van der Waals surface area contributed by atoms with Crippen molar-refractivity contribution < 1.29 is 22.7 Å². The topological polar surface area (TPSA) is 26.3 Å². The van der Waals surface area contributed by atoms with Crippen LogP contribution < -0.4 is 0 Å². The van der Waals surface area contributed by atoms with Crippen LogP contribution in [0.25, 0.3) is 0 Å². The highest BCUT2D eigenvalue weighted by atomic mass is 19.4. The lowest BCUT2D eigenvalue weighted by Crippen LogP contribution is -2.36. The molecule has 1 heterocycles. The Hall–Kier alpha value is -0.740. The molecular weight excluding hydrogens is 149 g/mol. The van der Waals surface area contributed by atoms with Crippen molar-refractivity contribution in [1.29, 1.82) is 0 Å². The van der Waals surface area contributed by atoms with Gasteiger partial charge in [0.25, 0.3) is 0 Å². The third-order valence-electron chi connectivity index (χ3n) is 1.15. The summed E-state index contributed by atoms with van der Waals surface area (Å²) in [6.45, 7) is 0. The normalized spacial score (nSPS) is 25.5. The molecule has 1 rings (SSSR count).